The van der Waals surface area contributed by atoms with Gasteiger partial charge in [0, 0.05) is 19.4 Å². The van der Waals surface area contributed by atoms with Crippen molar-refractivity contribution in [3.8, 4) is 0 Å². The minimum atomic E-state index is -0.578. The SMILES string of the molecule is CC/C=C\C/C=C\C/C=C\C/C=C\C/C=C\CCCC(=O)OC(COCCCCCCCCCCCCCCCCCCCC)COC(=O)CCCCCCCC/C=C\C/C=C\C/C=C\C/C=C\CC. The summed E-state index contributed by atoms with van der Waals surface area (Å²) in [4.78, 5) is 25.5. The van der Waals surface area contributed by atoms with Gasteiger partial charge >= 0.3 is 11.9 Å². The van der Waals surface area contributed by atoms with E-state index in [0.717, 1.165) is 109 Å². The molecule has 0 saturated carbocycles. The van der Waals surface area contributed by atoms with Crippen LogP contribution in [0.25, 0.3) is 0 Å². The van der Waals surface area contributed by atoms with Crippen LogP contribution < -0.4 is 0 Å². The van der Waals surface area contributed by atoms with Crippen LogP contribution in [0.2, 0.25) is 0 Å². The summed E-state index contributed by atoms with van der Waals surface area (Å²) < 4.78 is 17.4. The molecule has 0 aliphatic rings. The predicted molar refractivity (Wildman–Crippen MR) is 306 cm³/mol. The molecule has 0 aromatic rings. The molecule has 5 nitrogen and oxygen atoms in total. The van der Waals surface area contributed by atoms with E-state index in [1.165, 1.54) is 122 Å². The lowest BCUT2D eigenvalue weighted by Gasteiger charge is -2.18. The van der Waals surface area contributed by atoms with Crippen molar-refractivity contribution in [2.75, 3.05) is 19.8 Å². The van der Waals surface area contributed by atoms with E-state index in [1.807, 2.05) is 0 Å². The molecule has 0 heterocycles. The molecule has 0 aliphatic heterocycles. The molecule has 70 heavy (non-hydrogen) atoms. The maximum absolute atomic E-state index is 12.9. The predicted octanol–water partition coefficient (Wildman–Crippen LogP) is 20.3. The van der Waals surface area contributed by atoms with Gasteiger partial charge in [-0.2, -0.15) is 0 Å². The van der Waals surface area contributed by atoms with Gasteiger partial charge in [0.2, 0.25) is 0 Å². The average molecular weight is 972 g/mol. The van der Waals surface area contributed by atoms with Crippen LogP contribution in [0.1, 0.15) is 265 Å². The summed E-state index contributed by atoms with van der Waals surface area (Å²) in [6, 6.07) is 0. The first-order valence-corrected chi connectivity index (χ1v) is 29.4. The van der Waals surface area contributed by atoms with Crippen molar-refractivity contribution in [2.24, 2.45) is 0 Å². The zero-order valence-electron chi connectivity index (χ0n) is 46.0. The molecule has 0 aliphatic carbocycles. The summed E-state index contributed by atoms with van der Waals surface area (Å²) in [6.07, 6.45) is 82.6. The van der Waals surface area contributed by atoms with Crippen molar-refractivity contribution in [2.45, 2.75) is 271 Å². The highest BCUT2D eigenvalue weighted by Gasteiger charge is 2.17. The molecule has 0 rings (SSSR count). The molecule has 0 aromatic carbocycles. The number of carbonyl (C=O) groups excluding carboxylic acids is 2. The number of hydrogen-bond acceptors (Lipinski definition) is 5. The monoisotopic (exact) mass is 971 g/mol. The highest BCUT2D eigenvalue weighted by atomic mass is 16.6. The van der Waals surface area contributed by atoms with Crippen LogP contribution in [-0.2, 0) is 23.8 Å². The van der Waals surface area contributed by atoms with Crippen LogP contribution in [0, 0.1) is 0 Å². The smallest absolute Gasteiger partial charge is 0.306 e. The van der Waals surface area contributed by atoms with Crippen LogP contribution in [0.5, 0.6) is 0 Å². The third-order valence-corrected chi connectivity index (χ3v) is 12.3. The Morgan fingerprint density at radius 1 is 0.329 bits per heavy atom. The molecule has 0 N–H and O–H groups in total. The number of carbonyl (C=O) groups is 2. The molecule has 5 heteroatoms. The summed E-state index contributed by atoms with van der Waals surface area (Å²) in [5, 5.41) is 0. The molecule has 0 amide bonds. The summed E-state index contributed by atoms with van der Waals surface area (Å²) in [5.74, 6) is -0.477. The summed E-state index contributed by atoms with van der Waals surface area (Å²) >= 11 is 0. The van der Waals surface area contributed by atoms with Crippen LogP contribution in [0.15, 0.2) is 109 Å². The fourth-order valence-corrected chi connectivity index (χ4v) is 8.01. The Kier molecular flexibility index (Phi) is 56.9. The molecule has 0 spiro atoms. The van der Waals surface area contributed by atoms with Crippen molar-refractivity contribution in [3.63, 3.8) is 0 Å². The largest absolute Gasteiger partial charge is 0.462 e. The summed E-state index contributed by atoms with van der Waals surface area (Å²) in [6.45, 7) is 7.55. The van der Waals surface area contributed by atoms with Gasteiger partial charge in [-0.05, 0) is 96.3 Å². The van der Waals surface area contributed by atoms with Gasteiger partial charge in [0.1, 0.15) is 6.61 Å². The van der Waals surface area contributed by atoms with Gasteiger partial charge in [0.15, 0.2) is 6.10 Å². The van der Waals surface area contributed by atoms with E-state index in [-0.39, 0.29) is 25.2 Å². The number of allylic oxidation sites excluding steroid dienone is 18. The van der Waals surface area contributed by atoms with Gasteiger partial charge in [0.05, 0.1) is 6.61 Å². The van der Waals surface area contributed by atoms with Gasteiger partial charge in [-0.1, -0.05) is 265 Å². The quantitative estimate of drug-likeness (QED) is 0.0345. The first-order valence-electron chi connectivity index (χ1n) is 29.4. The van der Waals surface area contributed by atoms with Crippen LogP contribution >= 0.6 is 0 Å². The van der Waals surface area contributed by atoms with Crippen LogP contribution in [0.3, 0.4) is 0 Å². The molecule has 0 aromatic heterocycles. The van der Waals surface area contributed by atoms with Crippen molar-refractivity contribution in [1.82, 2.24) is 0 Å². The Bertz CT molecular complexity index is 1380. The Labute approximate surface area is 434 Å². The van der Waals surface area contributed by atoms with Crippen molar-refractivity contribution < 1.29 is 23.8 Å². The highest BCUT2D eigenvalue weighted by molar-refractivity contribution is 5.70. The zero-order valence-corrected chi connectivity index (χ0v) is 46.0. The topological polar surface area (TPSA) is 61.8 Å². The van der Waals surface area contributed by atoms with Gasteiger partial charge in [-0.15, -0.1) is 0 Å². The first kappa shape index (κ1) is 66.6. The van der Waals surface area contributed by atoms with Gasteiger partial charge in [0.25, 0.3) is 0 Å². The number of esters is 2. The molecule has 0 bridgehead atoms. The van der Waals surface area contributed by atoms with Gasteiger partial charge in [-0.3, -0.25) is 9.59 Å². The maximum atomic E-state index is 12.9. The molecule has 0 fully saturated rings. The van der Waals surface area contributed by atoms with Crippen molar-refractivity contribution >= 4 is 11.9 Å². The summed E-state index contributed by atoms with van der Waals surface area (Å²) in [5.41, 5.74) is 0. The highest BCUT2D eigenvalue weighted by Crippen LogP contribution is 2.15. The lowest BCUT2D eigenvalue weighted by Crippen LogP contribution is -2.30. The van der Waals surface area contributed by atoms with Crippen LogP contribution in [-0.4, -0.2) is 37.9 Å². The minimum Gasteiger partial charge on any atom is -0.462 e. The standard InChI is InChI=1S/C65H110O5/c1-4-7-10-13-16-19-22-25-28-31-33-35-37-40-43-46-49-52-55-58-64(66)69-62-63(61-68-60-57-54-51-48-45-42-39-36-32-29-26-23-20-17-14-11-8-5-2)70-65(67)59-56-53-50-47-44-41-38-34-30-27-24-21-18-15-12-9-6-3/h7,9-10,12,16,18-19,21,25,27-28,30,33,35,38,41,47,50,63H,4-6,8,11,13-15,17,20,22-24,26,29,31-32,34,36-37,39-40,42-46,48-49,51-62H2,1-3H3/b10-7-,12-9-,19-16-,21-18-,28-25-,30-27-,35-33-,41-38-,50-47-. The fourth-order valence-electron chi connectivity index (χ4n) is 8.01. The average Bonchev–Trinajstić information content (AvgIpc) is 3.36. The van der Waals surface area contributed by atoms with Crippen molar-refractivity contribution in [1.29, 1.82) is 0 Å². The lowest BCUT2D eigenvalue weighted by atomic mass is 10.0. The van der Waals surface area contributed by atoms with Gasteiger partial charge < -0.3 is 14.2 Å². The Balaban J connectivity index is 4.38. The maximum Gasteiger partial charge on any atom is 0.306 e. The normalized spacial score (nSPS) is 13.0. The number of rotatable bonds is 53. The Morgan fingerprint density at radius 2 is 0.657 bits per heavy atom. The van der Waals surface area contributed by atoms with E-state index in [9.17, 15) is 9.59 Å². The van der Waals surface area contributed by atoms with Gasteiger partial charge in [-0.25, -0.2) is 0 Å². The Hall–Kier alpha value is -3.44. The number of hydrogen-bond donors (Lipinski definition) is 0. The van der Waals surface area contributed by atoms with E-state index in [4.69, 9.17) is 14.2 Å². The molecule has 1 atom stereocenters. The lowest BCUT2D eigenvalue weighted by molar-refractivity contribution is -0.162. The molecule has 1 unspecified atom stereocenters. The molecular formula is C65H110O5. The van der Waals surface area contributed by atoms with E-state index in [1.54, 1.807) is 0 Å². The van der Waals surface area contributed by atoms with Crippen molar-refractivity contribution in [3.05, 3.63) is 109 Å². The Morgan fingerprint density at radius 3 is 1.07 bits per heavy atom. The second-order valence-corrected chi connectivity index (χ2v) is 19.1. The van der Waals surface area contributed by atoms with E-state index < -0.39 is 6.10 Å². The van der Waals surface area contributed by atoms with E-state index >= 15 is 0 Å². The first-order chi connectivity index (χ1) is 34.6. The van der Waals surface area contributed by atoms with E-state index in [0.29, 0.717) is 19.4 Å². The third-order valence-electron chi connectivity index (χ3n) is 12.3. The molecule has 0 saturated heterocycles. The third kappa shape index (κ3) is 57.1. The fraction of sp³-hybridized carbons (Fsp3) is 0.692. The molecule has 400 valence electrons. The molecule has 0 radical (unpaired) electrons. The van der Waals surface area contributed by atoms with Crippen LogP contribution in [0.4, 0.5) is 0 Å². The summed E-state index contributed by atoms with van der Waals surface area (Å²) in [7, 11) is 0. The zero-order chi connectivity index (χ0) is 50.6. The van der Waals surface area contributed by atoms with E-state index in [2.05, 4.69) is 130 Å². The number of unbranched alkanes of at least 4 members (excludes halogenated alkanes) is 24. The number of ether oxygens (including phenoxy) is 3. The molecular weight excluding hydrogens is 861 g/mol. The second kappa shape index (κ2) is 59.9. The minimum absolute atomic E-state index is 0.0514. The second-order valence-electron chi connectivity index (χ2n) is 19.1.